The molecule has 3 N–H and O–H groups in total. The average Bonchev–Trinajstić information content (AvgIpc) is 3.03. The van der Waals surface area contributed by atoms with Crippen molar-refractivity contribution in [2.24, 2.45) is 0 Å². The fourth-order valence-corrected chi connectivity index (χ4v) is 2.56. The van der Waals surface area contributed by atoms with Crippen molar-refractivity contribution in [2.75, 3.05) is 24.1 Å². The monoisotopic (exact) mass is 299 g/mol. The first-order valence-corrected chi connectivity index (χ1v) is 7.23. The lowest BCUT2D eigenvalue weighted by molar-refractivity contribution is 0.433. The number of hydrogen-bond acceptors (Lipinski definition) is 5. The first-order valence-electron chi connectivity index (χ1n) is 7.23. The maximum absolute atomic E-state index is 14.1. The summed E-state index contributed by atoms with van der Waals surface area (Å²) in [6.45, 7) is 6.05. The molecule has 0 bridgehead atoms. The number of rotatable bonds is 4. The second kappa shape index (κ2) is 6.01. The average molecular weight is 299 g/mol. The smallest absolute Gasteiger partial charge is 0.220 e. The molecular formula is C16H18FN5. The Balaban J connectivity index is 1.85. The van der Waals surface area contributed by atoms with E-state index in [1.807, 2.05) is 0 Å². The Kier molecular flexibility index (Phi) is 3.91. The summed E-state index contributed by atoms with van der Waals surface area (Å²) >= 11 is 0. The summed E-state index contributed by atoms with van der Waals surface area (Å²) in [6, 6.07) is 6.43. The molecule has 1 aliphatic rings. The summed E-state index contributed by atoms with van der Waals surface area (Å²) < 4.78 is 14.1. The quantitative estimate of drug-likeness (QED) is 0.908. The predicted octanol–water partition coefficient (Wildman–Crippen LogP) is 2.84. The van der Waals surface area contributed by atoms with Crippen LogP contribution in [0.1, 0.15) is 12.8 Å². The van der Waals surface area contributed by atoms with Gasteiger partial charge in [0.25, 0.3) is 0 Å². The van der Waals surface area contributed by atoms with Crippen LogP contribution in [0.3, 0.4) is 0 Å². The predicted molar refractivity (Wildman–Crippen MR) is 85.4 cm³/mol. The second-order valence-electron chi connectivity index (χ2n) is 5.26. The van der Waals surface area contributed by atoms with Crippen molar-refractivity contribution in [3.8, 4) is 11.3 Å². The molecular weight excluding hydrogens is 281 g/mol. The SMILES string of the molecule is C=C(Nc1ccc(F)c(-c2ccnc(N)n2)c1)N1CCCC1. The highest BCUT2D eigenvalue weighted by Gasteiger charge is 2.14. The Hall–Kier alpha value is -2.63. The standard InChI is InChI=1S/C16H18FN5/c1-11(22-8-2-3-9-22)20-12-4-5-14(17)13(10-12)15-6-7-19-16(18)21-15/h4-7,10,20H,1-3,8-9H2,(H2,18,19,21). The molecule has 0 amide bonds. The molecule has 114 valence electrons. The van der Waals surface area contributed by atoms with Crippen LogP contribution in [0.4, 0.5) is 16.0 Å². The van der Waals surface area contributed by atoms with E-state index in [1.54, 1.807) is 18.2 Å². The number of nitrogens with zero attached hydrogens (tertiary/aromatic N) is 3. The van der Waals surface area contributed by atoms with Crippen LogP contribution >= 0.6 is 0 Å². The third kappa shape index (κ3) is 3.00. The highest BCUT2D eigenvalue weighted by Crippen LogP contribution is 2.26. The minimum absolute atomic E-state index is 0.122. The highest BCUT2D eigenvalue weighted by molar-refractivity contribution is 5.67. The molecule has 6 heteroatoms. The molecule has 1 fully saturated rings. The second-order valence-corrected chi connectivity index (χ2v) is 5.26. The molecule has 0 saturated carbocycles. The molecule has 1 saturated heterocycles. The minimum Gasteiger partial charge on any atom is -0.368 e. The van der Waals surface area contributed by atoms with Crippen molar-refractivity contribution in [3.05, 3.63) is 48.7 Å². The molecule has 0 radical (unpaired) electrons. The zero-order valence-corrected chi connectivity index (χ0v) is 12.2. The highest BCUT2D eigenvalue weighted by atomic mass is 19.1. The molecule has 3 rings (SSSR count). The molecule has 5 nitrogen and oxygen atoms in total. The van der Waals surface area contributed by atoms with Gasteiger partial charge in [-0.15, -0.1) is 0 Å². The zero-order chi connectivity index (χ0) is 15.5. The van der Waals surface area contributed by atoms with E-state index in [1.165, 1.54) is 25.1 Å². The van der Waals surface area contributed by atoms with Gasteiger partial charge in [0.05, 0.1) is 11.5 Å². The number of hydrogen-bond donors (Lipinski definition) is 2. The summed E-state index contributed by atoms with van der Waals surface area (Å²) in [5.41, 5.74) is 7.18. The van der Waals surface area contributed by atoms with Crippen LogP contribution in [0.5, 0.6) is 0 Å². The fraction of sp³-hybridized carbons (Fsp3) is 0.250. The van der Waals surface area contributed by atoms with E-state index in [0.717, 1.165) is 24.6 Å². The molecule has 22 heavy (non-hydrogen) atoms. The number of nitrogens with one attached hydrogen (secondary N) is 1. The Morgan fingerprint density at radius 2 is 2.05 bits per heavy atom. The molecule has 2 aromatic rings. The number of likely N-dealkylation sites (tertiary alicyclic amines) is 1. The Morgan fingerprint density at radius 3 is 2.77 bits per heavy atom. The van der Waals surface area contributed by atoms with Gasteiger partial charge in [-0.1, -0.05) is 6.58 Å². The lowest BCUT2D eigenvalue weighted by Crippen LogP contribution is -2.22. The molecule has 2 heterocycles. The van der Waals surface area contributed by atoms with E-state index in [9.17, 15) is 4.39 Å². The lowest BCUT2D eigenvalue weighted by Gasteiger charge is -2.21. The van der Waals surface area contributed by atoms with Crippen molar-refractivity contribution in [2.45, 2.75) is 12.8 Å². The van der Waals surface area contributed by atoms with Crippen LogP contribution in [-0.4, -0.2) is 28.0 Å². The van der Waals surface area contributed by atoms with Gasteiger partial charge in [-0.2, -0.15) is 0 Å². The van der Waals surface area contributed by atoms with Gasteiger partial charge in [0.1, 0.15) is 5.82 Å². The van der Waals surface area contributed by atoms with E-state index < -0.39 is 0 Å². The van der Waals surface area contributed by atoms with Gasteiger partial charge in [0.2, 0.25) is 5.95 Å². The summed E-state index contributed by atoms with van der Waals surface area (Å²) in [5, 5.41) is 3.23. The van der Waals surface area contributed by atoms with Crippen LogP contribution in [0.2, 0.25) is 0 Å². The normalized spacial score (nSPS) is 14.1. The number of halogens is 1. The third-order valence-corrected chi connectivity index (χ3v) is 3.69. The maximum atomic E-state index is 14.1. The molecule has 1 aliphatic heterocycles. The van der Waals surface area contributed by atoms with Crippen LogP contribution in [0.25, 0.3) is 11.3 Å². The maximum Gasteiger partial charge on any atom is 0.220 e. The van der Waals surface area contributed by atoms with Gasteiger partial charge in [-0.25, -0.2) is 14.4 Å². The number of benzene rings is 1. The fourth-order valence-electron chi connectivity index (χ4n) is 2.56. The Morgan fingerprint density at radius 1 is 1.27 bits per heavy atom. The molecule has 1 aromatic heterocycles. The third-order valence-electron chi connectivity index (χ3n) is 3.69. The molecule has 1 aromatic carbocycles. The van der Waals surface area contributed by atoms with E-state index in [0.29, 0.717) is 11.3 Å². The summed E-state index contributed by atoms with van der Waals surface area (Å²) in [4.78, 5) is 10.1. The van der Waals surface area contributed by atoms with Gasteiger partial charge < -0.3 is 16.0 Å². The number of nitrogen functional groups attached to an aromatic ring is 1. The lowest BCUT2D eigenvalue weighted by atomic mass is 10.1. The zero-order valence-electron chi connectivity index (χ0n) is 12.2. The van der Waals surface area contributed by atoms with Crippen molar-refractivity contribution in [1.82, 2.24) is 14.9 Å². The Bertz CT molecular complexity index is 695. The number of nitrogens with two attached hydrogens (primary N) is 1. The van der Waals surface area contributed by atoms with Crippen LogP contribution in [0.15, 0.2) is 42.9 Å². The summed E-state index contributed by atoms with van der Waals surface area (Å²) in [7, 11) is 0. The minimum atomic E-state index is -0.351. The van der Waals surface area contributed by atoms with Crippen molar-refractivity contribution in [1.29, 1.82) is 0 Å². The number of aromatic nitrogens is 2. The van der Waals surface area contributed by atoms with Crippen molar-refractivity contribution in [3.63, 3.8) is 0 Å². The van der Waals surface area contributed by atoms with Crippen molar-refractivity contribution < 1.29 is 4.39 Å². The topological polar surface area (TPSA) is 67.1 Å². The van der Waals surface area contributed by atoms with Crippen LogP contribution in [0, 0.1) is 5.82 Å². The van der Waals surface area contributed by atoms with Crippen LogP contribution < -0.4 is 11.1 Å². The number of anilines is 2. The van der Waals surface area contributed by atoms with E-state index in [-0.39, 0.29) is 11.8 Å². The van der Waals surface area contributed by atoms with Crippen LogP contribution in [-0.2, 0) is 0 Å². The summed E-state index contributed by atoms with van der Waals surface area (Å²) in [5.74, 6) is 0.601. The van der Waals surface area contributed by atoms with E-state index in [2.05, 4.69) is 26.8 Å². The molecule has 0 unspecified atom stereocenters. The molecule has 0 atom stereocenters. The molecule has 0 spiro atoms. The Labute approximate surface area is 128 Å². The van der Waals surface area contributed by atoms with Gasteiger partial charge in [0.15, 0.2) is 0 Å². The largest absolute Gasteiger partial charge is 0.368 e. The van der Waals surface area contributed by atoms with Gasteiger partial charge in [-0.3, -0.25) is 0 Å². The van der Waals surface area contributed by atoms with Gasteiger partial charge in [0, 0.05) is 30.5 Å². The van der Waals surface area contributed by atoms with Gasteiger partial charge in [-0.05, 0) is 37.1 Å². The van der Waals surface area contributed by atoms with Crippen molar-refractivity contribution >= 4 is 11.6 Å². The van der Waals surface area contributed by atoms with E-state index >= 15 is 0 Å². The molecule has 0 aliphatic carbocycles. The van der Waals surface area contributed by atoms with E-state index in [4.69, 9.17) is 5.73 Å². The van der Waals surface area contributed by atoms with Gasteiger partial charge >= 0.3 is 0 Å². The first kappa shape index (κ1) is 14.3. The first-order chi connectivity index (χ1) is 10.6. The summed E-state index contributed by atoms with van der Waals surface area (Å²) in [6.07, 6.45) is 3.87.